The van der Waals surface area contributed by atoms with Gasteiger partial charge in [-0.25, -0.2) is 0 Å². The summed E-state index contributed by atoms with van der Waals surface area (Å²) >= 11 is 3.49. The van der Waals surface area contributed by atoms with Crippen molar-refractivity contribution in [3.8, 4) is 5.75 Å². The summed E-state index contributed by atoms with van der Waals surface area (Å²) in [6.07, 6.45) is 0.282. The molecule has 1 saturated heterocycles. The molecule has 2 rings (SSSR count). The average Bonchev–Trinajstić information content (AvgIpc) is 2.16. The second-order valence-corrected chi connectivity index (χ2v) is 6.02. The molecular weight excluding hydrogens is 282 g/mol. The zero-order valence-electron chi connectivity index (χ0n) is 10.4. The van der Waals surface area contributed by atoms with Crippen molar-refractivity contribution in [3.05, 3.63) is 28.2 Å². The van der Waals surface area contributed by atoms with Crippen LogP contribution in [0, 0.1) is 0 Å². The first-order valence-corrected chi connectivity index (χ1v) is 6.53. The van der Waals surface area contributed by atoms with Crippen LogP contribution in [0.2, 0.25) is 0 Å². The average molecular weight is 300 g/mol. The number of halogens is 1. The monoisotopic (exact) mass is 299 g/mol. The van der Waals surface area contributed by atoms with Crippen LogP contribution in [0.4, 0.5) is 0 Å². The van der Waals surface area contributed by atoms with E-state index in [4.69, 9.17) is 4.74 Å². The zero-order chi connectivity index (χ0) is 12.6. The van der Waals surface area contributed by atoms with Gasteiger partial charge in [0.15, 0.2) is 0 Å². The first-order valence-electron chi connectivity index (χ1n) is 5.74. The van der Waals surface area contributed by atoms with Gasteiger partial charge in [-0.05, 0) is 54.5 Å². The molecule has 17 heavy (non-hydrogen) atoms. The van der Waals surface area contributed by atoms with E-state index in [-0.39, 0.29) is 6.10 Å². The number of benzene rings is 1. The molecule has 0 unspecified atom stereocenters. The molecule has 94 valence electrons. The predicted molar refractivity (Wildman–Crippen MR) is 71.3 cm³/mol. The van der Waals surface area contributed by atoms with Crippen LogP contribution >= 0.6 is 15.9 Å². The largest absolute Gasteiger partial charge is 0.487 e. The minimum Gasteiger partial charge on any atom is -0.487 e. The maximum Gasteiger partial charge on any atom is 0.134 e. The standard InChI is InChI=1S/C13H18BrNO2/c1-13(2,16)9-4-5-12(11(14)6-9)17-10-7-15(3)8-10/h4-6,10,16H,7-8H2,1-3H3. The van der Waals surface area contributed by atoms with E-state index in [1.165, 1.54) is 0 Å². The molecule has 0 amide bonds. The zero-order valence-corrected chi connectivity index (χ0v) is 12.0. The van der Waals surface area contributed by atoms with E-state index >= 15 is 0 Å². The van der Waals surface area contributed by atoms with Gasteiger partial charge in [-0.2, -0.15) is 0 Å². The summed E-state index contributed by atoms with van der Waals surface area (Å²) in [5.74, 6) is 0.844. The SMILES string of the molecule is CN1CC(Oc2ccc(C(C)(C)O)cc2Br)C1. The van der Waals surface area contributed by atoms with E-state index in [1.54, 1.807) is 13.8 Å². The Hall–Kier alpha value is -0.580. The van der Waals surface area contributed by atoms with E-state index in [0.717, 1.165) is 28.9 Å². The summed E-state index contributed by atoms with van der Waals surface area (Å²) in [7, 11) is 2.08. The first-order chi connectivity index (χ1) is 7.86. The van der Waals surface area contributed by atoms with Crippen LogP contribution in [-0.2, 0) is 5.60 Å². The van der Waals surface area contributed by atoms with Gasteiger partial charge in [-0.3, -0.25) is 4.90 Å². The van der Waals surface area contributed by atoms with Crippen LogP contribution in [0.15, 0.2) is 22.7 Å². The quantitative estimate of drug-likeness (QED) is 0.930. The Morgan fingerprint density at radius 1 is 1.41 bits per heavy atom. The smallest absolute Gasteiger partial charge is 0.134 e. The van der Waals surface area contributed by atoms with Crippen molar-refractivity contribution in [3.63, 3.8) is 0 Å². The Morgan fingerprint density at radius 2 is 2.06 bits per heavy atom. The second kappa shape index (κ2) is 4.59. The van der Waals surface area contributed by atoms with E-state index < -0.39 is 5.60 Å². The lowest BCUT2D eigenvalue weighted by molar-refractivity contribution is 0.0381. The molecule has 1 fully saturated rings. The highest BCUT2D eigenvalue weighted by Gasteiger charge is 2.26. The second-order valence-electron chi connectivity index (χ2n) is 5.17. The highest BCUT2D eigenvalue weighted by molar-refractivity contribution is 9.10. The normalized spacial score (nSPS) is 17.9. The van der Waals surface area contributed by atoms with Crippen LogP contribution in [0.25, 0.3) is 0 Å². The first kappa shape index (κ1) is 12.9. The van der Waals surface area contributed by atoms with Crippen molar-refractivity contribution in [2.75, 3.05) is 20.1 Å². The van der Waals surface area contributed by atoms with Gasteiger partial charge in [-0.15, -0.1) is 0 Å². The van der Waals surface area contributed by atoms with Gasteiger partial charge in [0.05, 0.1) is 10.1 Å². The number of hydrogen-bond donors (Lipinski definition) is 1. The number of aliphatic hydroxyl groups is 1. The minimum atomic E-state index is -0.822. The fourth-order valence-electron chi connectivity index (χ4n) is 1.87. The summed E-state index contributed by atoms with van der Waals surface area (Å²) < 4.78 is 6.74. The Labute approximate surface area is 111 Å². The van der Waals surface area contributed by atoms with Gasteiger partial charge in [0.2, 0.25) is 0 Å². The summed E-state index contributed by atoms with van der Waals surface area (Å²) in [4.78, 5) is 2.21. The van der Waals surface area contributed by atoms with Crippen molar-refractivity contribution in [1.82, 2.24) is 4.90 Å². The Kier molecular flexibility index (Phi) is 3.48. The van der Waals surface area contributed by atoms with Gasteiger partial charge in [0.25, 0.3) is 0 Å². The van der Waals surface area contributed by atoms with Crippen molar-refractivity contribution < 1.29 is 9.84 Å². The molecule has 0 spiro atoms. The predicted octanol–water partition coefficient (Wildman–Crippen LogP) is 2.37. The molecule has 4 heteroatoms. The fraction of sp³-hybridized carbons (Fsp3) is 0.538. The Morgan fingerprint density at radius 3 is 2.53 bits per heavy atom. The third kappa shape index (κ3) is 3.00. The maximum atomic E-state index is 9.91. The van der Waals surface area contributed by atoms with Gasteiger partial charge in [-0.1, -0.05) is 6.07 Å². The van der Waals surface area contributed by atoms with Crippen LogP contribution in [0.1, 0.15) is 19.4 Å². The van der Waals surface area contributed by atoms with Crippen LogP contribution in [0.5, 0.6) is 5.75 Å². The highest BCUT2D eigenvalue weighted by atomic mass is 79.9. The number of rotatable bonds is 3. The van der Waals surface area contributed by atoms with Gasteiger partial charge < -0.3 is 9.84 Å². The van der Waals surface area contributed by atoms with Crippen LogP contribution in [0.3, 0.4) is 0 Å². The molecule has 0 atom stereocenters. The summed E-state index contributed by atoms with van der Waals surface area (Å²) in [6.45, 7) is 5.49. The minimum absolute atomic E-state index is 0.282. The summed E-state index contributed by atoms with van der Waals surface area (Å²) in [5.41, 5.74) is 0.0556. The molecule has 1 aliphatic rings. The Bertz CT molecular complexity index is 408. The molecule has 0 radical (unpaired) electrons. The van der Waals surface area contributed by atoms with Crippen molar-refractivity contribution in [1.29, 1.82) is 0 Å². The van der Waals surface area contributed by atoms with E-state index in [2.05, 4.69) is 27.9 Å². The van der Waals surface area contributed by atoms with Gasteiger partial charge >= 0.3 is 0 Å². The molecule has 0 saturated carbocycles. The lowest BCUT2D eigenvalue weighted by atomic mass is 9.98. The molecule has 0 aromatic heterocycles. The van der Waals surface area contributed by atoms with E-state index in [9.17, 15) is 5.11 Å². The lowest BCUT2D eigenvalue weighted by Crippen LogP contribution is -2.51. The van der Waals surface area contributed by atoms with Gasteiger partial charge in [0.1, 0.15) is 11.9 Å². The van der Waals surface area contributed by atoms with Crippen LogP contribution in [-0.4, -0.2) is 36.2 Å². The van der Waals surface area contributed by atoms with E-state index in [0.29, 0.717) is 0 Å². The van der Waals surface area contributed by atoms with Crippen molar-refractivity contribution in [2.45, 2.75) is 25.6 Å². The molecule has 1 aliphatic heterocycles. The number of likely N-dealkylation sites (tertiary alicyclic amines) is 1. The maximum absolute atomic E-state index is 9.91. The molecule has 0 aliphatic carbocycles. The molecule has 1 N–H and O–H groups in total. The number of likely N-dealkylation sites (N-methyl/N-ethyl adjacent to an activating group) is 1. The molecule has 0 bridgehead atoms. The van der Waals surface area contributed by atoms with Gasteiger partial charge in [0, 0.05) is 13.1 Å². The fourth-order valence-corrected chi connectivity index (χ4v) is 2.35. The number of nitrogens with zero attached hydrogens (tertiary/aromatic N) is 1. The number of ether oxygens (including phenoxy) is 1. The summed E-state index contributed by atoms with van der Waals surface area (Å²) in [5, 5.41) is 9.91. The van der Waals surface area contributed by atoms with Crippen LogP contribution < -0.4 is 4.74 Å². The Balaban J connectivity index is 2.09. The third-order valence-electron chi connectivity index (χ3n) is 2.96. The molecular formula is C13H18BrNO2. The number of hydrogen-bond acceptors (Lipinski definition) is 3. The lowest BCUT2D eigenvalue weighted by Gasteiger charge is -2.36. The highest BCUT2D eigenvalue weighted by Crippen LogP contribution is 2.31. The molecule has 1 heterocycles. The van der Waals surface area contributed by atoms with Crippen molar-refractivity contribution >= 4 is 15.9 Å². The van der Waals surface area contributed by atoms with E-state index in [1.807, 2.05) is 18.2 Å². The van der Waals surface area contributed by atoms with Crippen molar-refractivity contribution in [2.24, 2.45) is 0 Å². The topological polar surface area (TPSA) is 32.7 Å². The molecule has 1 aromatic rings. The summed E-state index contributed by atoms with van der Waals surface area (Å²) in [6, 6.07) is 5.73. The molecule has 3 nitrogen and oxygen atoms in total. The third-order valence-corrected chi connectivity index (χ3v) is 3.58. The molecule has 1 aromatic carbocycles.